The van der Waals surface area contributed by atoms with Gasteiger partial charge in [0.2, 0.25) is 5.91 Å². The first kappa shape index (κ1) is 19.9. The Labute approximate surface area is 167 Å². The molecule has 1 aliphatic rings. The number of aryl methyl sites for hydroxylation is 1. The first-order valence-corrected chi connectivity index (χ1v) is 9.04. The van der Waals surface area contributed by atoms with Crippen LogP contribution in [0.4, 0.5) is 10.5 Å². The molecule has 150 valence electrons. The summed E-state index contributed by atoms with van der Waals surface area (Å²) in [6.45, 7) is 3.64. The van der Waals surface area contributed by atoms with Crippen LogP contribution in [0.15, 0.2) is 48.2 Å². The van der Waals surface area contributed by atoms with Gasteiger partial charge in [0.15, 0.2) is 11.5 Å². The van der Waals surface area contributed by atoms with Crippen molar-refractivity contribution in [3.8, 4) is 11.5 Å². The highest BCUT2D eigenvalue weighted by molar-refractivity contribution is 6.15. The van der Waals surface area contributed by atoms with Crippen LogP contribution < -0.4 is 15.4 Å². The number of imide groups is 1. The van der Waals surface area contributed by atoms with E-state index in [0.717, 1.165) is 10.5 Å². The summed E-state index contributed by atoms with van der Waals surface area (Å²) < 4.78 is 5.31. The lowest BCUT2D eigenvalue weighted by Crippen LogP contribution is -2.38. The highest BCUT2D eigenvalue weighted by Crippen LogP contribution is 2.28. The number of benzene rings is 2. The predicted molar refractivity (Wildman–Crippen MR) is 107 cm³/mol. The van der Waals surface area contributed by atoms with Crippen molar-refractivity contribution in [2.24, 2.45) is 0 Å². The van der Waals surface area contributed by atoms with E-state index in [9.17, 15) is 19.5 Å². The van der Waals surface area contributed by atoms with Gasteiger partial charge < -0.3 is 20.5 Å². The Kier molecular flexibility index (Phi) is 5.82. The van der Waals surface area contributed by atoms with Crippen molar-refractivity contribution in [1.82, 2.24) is 10.2 Å². The van der Waals surface area contributed by atoms with Crippen LogP contribution in [0.5, 0.6) is 11.5 Å². The highest BCUT2D eigenvalue weighted by atomic mass is 16.5. The lowest BCUT2D eigenvalue weighted by molar-refractivity contribution is -0.127. The van der Waals surface area contributed by atoms with Crippen LogP contribution in [0.2, 0.25) is 0 Å². The number of anilines is 1. The van der Waals surface area contributed by atoms with Crippen LogP contribution in [-0.4, -0.2) is 41.0 Å². The minimum Gasteiger partial charge on any atom is -0.504 e. The summed E-state index contributed by atoms with van der Waals surface area (Å²) in [5, 5.41) is 14.9. The molecule has 1 heterocycles. The average Bonchev–Trinajstić information content (AvgIpc) is 2.92. The number of nitrogens with zero attached hydrogens (tertiary/aromatic N) is 1. The van der Waals surface area contributed by atoms with E-state index in [2.05, 4.69) is 10.6 Å². The number of aromatic hydroxyl groups is 1. The Morgan fingerprint density at radius 1 is 1.24 bits per heavy atom. The topological polar surface area (TPSA) is 108 Å². The molecule has 4 amide bonds. The van der Waals surface area contributed by atoms with Gasteiger partial charge in [-0.2, -0.15) is 0 Å². The third kappa shape index (κ3) is 4.73. The molecule has 2 aromatic carbocycles. The maximum atomic E-state index is 12.6. The Morgan fingerprint density at radius 3 is 2.76 bits per heavy atom. The number of phenols is 1. The SMILES string of the molecule is CCOc1cc(C=C2NC(=O)N(CC(=O)Nc3cccc(C)c3)C2=O)ccc1O. The number of hydrogen-bond acceptors (Lipinski definition) is 5. The van der Waals surface area contributed by atoms with Crippen molar-refractivity contribution in [3.63, 3.8) is 0 Å². The maximum Gasteiger partial charge on any atom is 0.329 e. The predicted octanol–water partition coefficient (Wildman–Crippen LogP) is 2.63. The standard InChI is InChI=1S/C21H21N3O5/c1-3-29-18-11-14(7-8-17(18)25)10-16-20(27)24(21(28)23-16)12-19(26)22-15-6-4-5-13(2)9-15/h4-11,25H,3,12H2,1-2H3,(H,22,26)(H,23,28). The molecule has 8 nitrogen and oxygen atoms in total. The van der Waals surface area contributed by atoms with Crippen LogP contribution in [0.25, 0.3) is 6.08 Å². The Morgan fingerprint density at radius 2 is 2.03 bits per heavy atom. The van der Waals surface area contributed by atoms with Crippen LogP contribution in [0.1, 0.15) is 18.1 Å². The first-order chi connectivity index (χ1) is 13.9. The second-order valence-electron chi connectivity index (χ2n) is 6.46. The van der Waals surface area contributed by atoms with Gasteiger partial charge in [0.05, 0.1) is 6.61 Å². The van der Waals surface area contributed by atoms with E-state index in [0.29, 0.717) is 17.9 Å². The number of hydrogen-bond donors (Lipinski definition) is 3. The first-order valence-electron chi connectivity index (χ1n) is 9.04. The largest absolute Gasteiger partial charge is 0.504 e. The van der Waals surface area contributed by atoms with Crippen molar-refractivity contribution in [2.75, 3.05) is 18.5 Å². The van der Waals surface area contributed by atoms with Crippen molar-refractivity contribution in [1.29, 1.82) is 0 Å². The zero-order valence-electron chi connectivity index (χ0n) is 16.1. The van der Waals surface area contributed by atoms with E-state index in [4.69, 9.17) is 4.74 Å². The van der Waals surface area contributed by atoms with Gasteiger partial charge in [-0.1, -0.05) is 18.2 Å². The quantitative estimate of drug-likeness (QED) is 0.515. The summed E-state index contributed by atoms with van der Waals surface area (Å²) in [6, 6.07) is 11.1. The molecule has 3 N–H and O–H groups in total. The monoisotopic (exact) mass is 395 g/mol. The number of urea groups is 1. The third-order valence-corrected chi connectivity index (χ3v) is 4.16. The lowest BCUT2D eigenvalue weighted by Gasteiger charge is -2.12. The van der Waals surface area contributed by atoms with E-state index >= 15 is 0 Å². The lowest BCUT2D eigenvalue weighted by atomic mass is 10.1. The van der Waals surface area contributed by atoms with E-state index in [1.54, 1.807) is 37.3 Å². The Hall–Kier alpha value is -3.81. The number of carbonyl (C=O) groups excluding carboxylic acids is 3. The number of carbonyl (C=O) groups is 3. The molecule has 1 fully saturated rings. The van der Waals surface area contributed by atoms with Gasteiger partial charge in [-0.15, -0.1) is 0 Å². The Bertz CT molecular complexity index is 1000. The normalized spacial score (nSPS) is 14.8. The minimum atomic E-state index is -0.676. The molecule has 0 bridgehead atoms. The van der Waals surface area contributed by atoms with Crippen molar-refractivity contribution in [2.45, 2.75) is 13.8 Å². The number of amides is 4. The van der Waals surface area contributed by atoms with Gasteiger partial charge in [-0.25, -0.2) is 9.69 Å². The molecule has 0 spiro atoms. The number of phenolic OH excluding ortho intramolecular Hbond substituents is 1. The van der Waals surface area contributed by atoms with Crippen LogP contribution >= 0.6 is 0 Å². The molecule has 29 heavy (non-hydrogen) atoms. The Balaban J connectivity index is 1.71. The maximum absolute atomic E-state index is 12.6. The number of ether oxygens (including phenoxy) is 1. The van der Waals surface area contributed by atoms with Crippen molar-refractivity contribution in [3.05, 3.63) is 59.3 Å². The molecular formula is C21H21N3O5. The molecule has 0 aliphatic carbocycles. The zero-order chi connectivity index (χ0) is 21.0. The van der Waals surface area contributed by atoms with Crippen LogP contribution in [0, 0.1) is 6.92 Å². The smallest absolute Gasteiger partial charge is 0.329 e. The third-order valence-electron chi connectivity index (χ3n) is 4.16. The van der Waals surface area contributed by atoms with Crippen molar-refractivity contribution >= 4 is 29.6 Å². The summed E-state index contributed by atoms with van der Waals surface area (Å²) in [7, 11) is 0. The fourth-order valence-corrected chi connectivity index (χ4v) is 2.84. The van der Waals surface area contributed by atoms with Gasteiger partial charge in [0.25, 0.3) is 5.91 Å². The molecular weight excluding hydrogens is 374 g/mol. The molecule has 0 radical (unpaired) electrons. The van der Waals surface area contributed by atoms with Crippen LogP contribution in [-0.2, 0) is 9.59 Å². The fraction of sp³-hybridized carbons (Fsp3) is 0.190. The molecule has 0 aromatic heterocycles. The molecule has 2 aromatic rings. The van der Waals surface area contributed by atoms with Gasteiger partial charge in [0, 0.05) is 5.69 Å². The van der Waals surface area contributed by atoms with E-state index in [-0.39, 0.29) is 17.2 Å². The van der Waals surface area contributed by atoms with E-state index < -0.39 is 24.4 Å². The fourth-order valence-electron chi connectivity index (χ4n) is 2.84. The van der Waals surface area contributed by atoms with Gasteiger partial charge in [0.1, 0.15) is 12.2 Å². The van der Waals surface area contributed by atoms with Crippen molar-refractivity contribution < 1.29 is 24.2 Å². The van der Waals surface area contributed by atoms with Crippen LogP contribution in [0.3, 0.4) is 0 Å². The second-order valence-corrected chi connectivity index (χ2v) is 6.46. The summed E-state index contributed by atoms with van der Waals surface area (Å²) in [5.74, 6) is -0.845. The summed E-state index contributed by atoms with van der Waals surface area (Å²) in [6.07, 6.45) is 1.46. The van der Waals surface area contributed by atoms with Gasteiger partial charge >= 0.3 is 6.03 Å². The summed E-state index contributed by atoms with van der Waals surface area (Å²) in [4.78, 5) is 37.8. The molecule has 1 saturated heterocycles. The summed E-state index contributed by atoms with van der Waals surface area (Å²) in [5.41, 5.74) is 2.15. The second kappa shape index (κ2) is 8.47. The molecule has 0 unspecified atom stereocenters. The molecule has 3 rings (SSSR count). The average molecular weight is 395 g/mol. The van der Waals surface area contributed by atoms with E-state index in [1.165, 1.54) is 12.1 Å². The zero-order valence-corrected chi connectivity index (χ0v) is 16.1. The highest BCUT2D eigenvalue weighted by Gasteiger charge is 2.34. The van der Waals surface area contributed by atoms with Gasteiger partial charge in [-0.05, 0) is 55.3 Å². The number of rotatable bonds is 6. The number of nitrogens with one attached hydrogen (secondary N) is 2. The van der Waals surface area contributed by atoms with E-state index in [1.807, 2.05) is 13.0 Å². The molecule has 0 atom stereocenters. The van der Waals surface area contributed by atoms with Gasteiger partial charge in [-0.3, -0.25) is 9.59 Å². The molecule has 0 saturated carbocycles. The summed E-state index contributed by atoms with van der Waals surface area (Å²) >= 11 is 0. The molecule has 1 aliphatic heterocycles. The molecule has 8 heteroatoms. The minimum absolute atomic E-state index is 0.0229.